The van der Waals surface area contributed by atoms with Crippen molar-refractivity contribution in [3.05, 3.63) is 65.3 Å². The van der Waals surface area contributed by atoms with Crippen LogP contribution in [0.2, 0.25) is 0 Å². The van der Waals surface area contributed by atoms with Gasteiger partial charge in [-0.1, -0.05) is 11.2 Å². The van der Waals surface area contributed by atoms with Gasteiger partial charge in [-0.3, -0.25) is 4.79 Å². The Labute approximate surface area is 213 Å². The number of carbonyl (C=O) groups is 1. The highest BCUT2D eigenvalue weighted by Gasteiger charge is 2.38. The monoisotopic (exact) mass is 506 g/mol. The van der Waals surface area contributed by atoms with Crippen LogP contribution in [0.5, 0.6) is 0 Å². The Hall–Kier alpha value is -3.59. The number of benzene rings is 2. The molecule has 7 nitrogen and oxygen atoms in total. The van der Waals surface area contributed by atoms with Crippen molar-refractivity contribution in [2.75, 3.05) is 11.5 Å². The fourth-order valence-corrected chi connectivity index (χ4v) is 5.88. The van der Waals surface area contributed by atoms with Gasteiger partial charge in [0.1, 0.15) is 11.6 Å². The number of aromatic nitrogens is 3. The molecule has 0 bridgehead atoms. The molecule has 0 aliphatic carbocycles. The number of halogens is 2. The van der Waals surface area contributed by atoms with Gasteiger partial charge in [0, 0.05) is 36.4 Å². The second kappa shape index (κ2) is 9.06. The highest BCUT2D eigenvalue weighted by atomic mass is 19.2. The molecule has 0 N–H and O–H groups in total. The van der Waals surface area contributed by atoms with Gasteiger partial charge in [0.2, 0.25) is 5.91 Å². The number of aryl methyl sites for hydroxylation is 2. The number of fused-ring (bicyclic) bond motifs is 1. The Morgan fingerprint density at radius 3 is 2.62 bits per heavy atom. The first-order chi connectivity index (χ1) is 17.8. The summed E-state index contributed by atoms with van der Waals surface area (Å²) in [5, 5.41) is 4.09. The molecule has 192 valence electrons. The van der Waals surface area contributed by atoms with Crippen LogP contribution in [0, 0.1) is 25.5 Å². The van der Waals surface area contributed by atoms with Crippen LogP contribution in [0.3, 0.4) is 0 Å². The number of hydrogen-bond donors (Lipinski definition) is 0. The van der Waals surface area contributed by atoms with Gasteiger partial charge in [-0.05, 0) is 69.9 Å². The molecule has 9 heteroatoms. The lowest BCUT2D eigenvalue weighted by atomic mass is 10.0. The summed E-state index contributed by atoms with van der Waals surface area (Å²) in [6.45, 7) is 6.50. The molecule has 2 aliphatic heterocycles. The molecule has 2 aliphatic rings. The molecule has 2 aromatic carbocycles. The third-order valence-corrected chi connectivity index (χ3v) is 7.55. The van der Waals surface area contributed by atoms with Gasteiger partial charge in [-0.2, -0.15) is 0 Å². The standard InChI is InChI=1S/C28H28F2N4O3/c1-15-12-20(10-11-36-15)34-24-7-4-18(27-16(2)32-37-17(27)3)13-23(24)31-28(34)25-8-9-26(35)33(25)19-5-6-21(29)22(30)14-19/h4-7,13-15,20,25H,8-12H2,1-3H3/t15?,20?,25-/m0/s1. The third kappa shape index (κ3) is 4.01. The highest BCUT2D eigenvalue weighted by molar-refractivity contribution is 5.96. The first-order valence-electron chi connectivity index (χ1n) is 12.7. The van der Waals surface area contributed by atoms with Crippen molar-refractivity contribution in [1.29, 1.82) is 0 Å². The van der Waals surface area contributed by atoms with Gasteiger partial charge < -0.3 is 18.7 Å². The quantitative estimate of drug-likeness (QED) is 0.330. The smallest absolute Gasteiger partial charge is 0.227 e. The van der Waals surface area contributed by atoms with Crippen molar-refractivity contribution in [2.24, 2.45) is 0 Å². The maximum atomic E-state index is 14.2. The Kier molecular flexibility index (Phi) is 5.82. The Morgan fingerprint density at radius 1 is 1.05 bits per heavy atom. The minimum atomic E-state index is -0.980. The number of carbonyl (C=O) groups excluding carboxylic acids is 1. The lowest BCUT2D eigenvalue weighted by Gasteiger charge is -2.32. The van der Waals surface area contributed by atoms with Gasteiger partial charge in [0.05, 0.1) is 28.9 Å². The van der Waals surface area contributed by atoms with E-state index in [0.29, 0.717) is 25.1 Å². The zero-order valence-corrected chi connectivity index (χ0v) is 21.0. The minimum Gasteiger partial charge on any atom is -0.378 e. The van der Waals surface area contributed by atoms with Crippen molar-refractivity contribution in [2.45, 2.75) is 64.6 Å². The molecule has 0 saturated carbocycles. The number of imidazole rings is 1. The largest absolute Gasteiger partial charge is 0.378 e. The first-order valence-corrected chi connectivity index (χ1v) is 12.7. The van der Waals surface area contributed by atoms with Crippen LogP contribution in [0.1, 0.15) is 62.0 Å². The number of amides is 1. The predicted octanol–water partition coefficient (Wildman–Crippen LogP) is 6.19. The molecule has 2 aromatic heterocycles. The van der Waals surface area contributed by atoms with Crippen LogP contribution in [-0.2, 0) is 9.53 Å². The van der Waals surface area contributed by atoms with E-state index in [1.165, 1.54) is 6.07 Å². The van der Waals surface area contributed by atoms with E-state index in [2.05, 4.69) is 22.7 Å². The number of rotatable bonds is 4. The Morgan fingerprint density at radius 2 is 1.89 bits per heavy atom. The van der Waals surface area contributed by atoms with Crippen molar-refractivity contribution < 1.29 is 22.8 Å². The lowest BCUT2D eigenvalue weighted by molar-refractivity contribution is -0.117. The number of ether oxygens (including phenoxy) is 1. The third-order valence-electron chi connectivity index (χ3n) is 7.55. The van der Waals surface area contributed by atoms with E-state index >= 15 is 0 Å². The summed E-state index contributed by atoms with van der Waals surface area (Å²) in [5.74, 6) is -0.568. The van der Waals surface area contributed by atoms with Crippen LogP contribution in [-0.4, -0.2) is 33.3 Å². The molecule has 2 unspecified atom stereocenters. The SMILES string of the molecule is Cc1noc(C)c1-c1ccc2c(c1)nc([C@@H]1CCC(=O)N1c1ccc(F)c(F)c1)n2C1CCOC(C)C1. The van der Waals surface area contributed by atoms with Crippen LogP contribution < -0.4 is 4.90 Å². The molecule has 1 amide bonds. The number of hydrogen-bond acceptors (Lipinski definition) is 5. The molecule has 2 saturated heterocycles. The van der Waals surface area contributed by atoms with Crippen molar-refractivity contribution >= 4 is 22.6 Å². The van der Waals surface area contributed by atoms with Gasteiger partial charge in [-0.15, -0.1) is 0 Å². The molecular formula is C28H28F2N4O3. The van der Waals surface area contributed by atoms with E-state index in [1.54, 1.807) is 4.90 Å². The van der Waals surface area contributed by atoms with Crippen LogP contribution in [0.25, 0.3) is 22.2 Å². The molecule has 4 heterocycles. The molecule has 6 rings (SSSR count). The average molecular weight is 507 g/mol. The normalized spacial score (nSPS) is 22.4. The van der Waals surface area contributed by atoms with Gasteiger partial charge in [-0.25, -0.2) is 13.8 Å². The lowest BCUT2D eigenvalue weighted by Crippen LogP contribution is -2.32. The van der Waals surface area contributed by atoms with Crippen molar-refractivity contribution in [1.82, 2.24) is 14.7 Å². The molecule has 3 atom stereocenters. The zero-order chi connectivity index (χ0) is 25.8. The molecule has 0 spiro atoms. The summed E-state index contributed by atoms with van der Waals surface area (Å²) in [6.07, 6.45) is 2.58. The van der Waals surface area contributed by atoms with E-state index in [1.807, 2.05) is 26.0 Å². The zero-order valence-electron chi connectivity index (χ0n) is 21.0. The molecule has 2 fully saturated rings. The second-order valence-electron chi connectivity index (χ2n) is 10.0. The van der Waals surface area contributed by atoms with Crippen molar-refractivity contribution in [3.63, 3.8) is 0 Å². The summed E-state index contributed by atoms with van der Waals surface area (Å²) in [5.41, 5.74) is 4.81. The van der Waals surface area contributed by atoms with Crippen LogP contribution in [0.15, 0.2) is 40.9 Å². The number of nitrogens with zero attached hydrogens (tertiary/aromatic N) is 4. The highest BCUT2D eigenvalue weighted by Crippen LogP contribution is 2.42. The van der Waals surface area contributed by atoms with E-state index in [-0.39, 0.29) is 18.1 Å². The summed E-state index contributed by atoms with van der Waals surface area (Å²) in [7, 11) is 0. The molecular weight excluding hydrogens is 478 g/mol. The topological polar surface area (TPSA) is 73.4 Å². The minimum absolute atomic E-state index is 0.0955. The van der Waals surface area contributed by atoms with Gasteiger partial charge in [0.25, 0.3) is 0 Å². The maximum absolute atomic E-state index is 14.2. The maximum Gasteiger partial charge on any atom is 0.227 e. The molecule has 4 aromatic rings. The summed E-state index contributed by atoms with van der Waals surface area (Å²) >= 11 is 0. The van der Waals surface area contributed by atoms with Gasteiger partial charge in [0.15, 0.2) is 11.6 Å². The average Bonchev–Trinajstić information content (AvgIpc) is 3.54. The Balaban J connectivity index is 1.51. The number of anilines is 1. The summed E-state index contributed by atoms with van der Waals surface area (Å²) in [4.78, 5) is 19.7. The molecule has 37 heavy (non-hydrogen) atoms. The molecule has 0 radical (unpaired) electrons. The summed E-state index contributed by atoms with van der Waals surface area (Å²) < 4.78 is 41.3. The second-order valence-corrected chi connectivity index (χ2v) is 10.0. The predicted molar refractivity (Wildman–Crippen MR) is 134 cm³/mol. The van der Waals surface area contributed by atoms with E-state index in [9.17, 15) is 13.6 Å². The van der Waals surface area contributed by atoms with Crippen LogP contribution in [0.4, 0.5) is 14.5 Å². The van der Waals surface area contributed by atoms with Gasteiger partial charge >= 0.3 is 0 Å². The fourth-order valence-electron chi connectivity index (χ4n) is 5.88. The summed E-state index contributed by atoms with van der Waals surface area (Å²) in [6, 6.07) is 9.48. The van der Waals surface area contributed by atoms with E-state index < -0.39 is 17.7 Å². The van der Waals surface area contributed by atoms with E-state index in [0.717, 1.165) is 64.4 Å². The fraction of sp³-hybridized carbons (Fsp3) is 0.393. The van der Waals surface area contributed by atoms with Crippen LogP contribution >= 0.6 is 0 Å². The van der Waals surface area contributed by atoms with Crippen molar-refractivity contribution in [3.8, 4) is 11.1 Å². The van der Waals surface area contributed by atoms with E-state index in [4.69, 9.17) is 14.2 Å². The Bertz CT molecular complexity index is 1490. The first kappa shape index (κ1) is 23.8.